The second kappa shape index (κ2) is 8.22. The third kappa shape index (κ3) is 3.87. The number of rotatable bonds is 4. The number of benzene rings is 2. The summed E-state index contributed by atoms with van der Waals surface area (Å²) in [5, 5.41) is 12.1. The minimum atomic E-state index is -0.770. The number of hydrogen-bond donors (Lipinski definition) is 3. The second-order valence-electron chi connectivity index (χ2n) is 6.65. The zero-order valence-electron chi connectivity index (χ0n) is 15.5. The summed E-state index contributed by atoms with van der Waals surface area (Å²) in [5.41, 5.74) is 4.83. The summed E-state index contributed by atoms with van der Waals surface area (Å²) in [6, 6.07) is 16.1. The van der Waals surface area contributed by atoms with E-state index in [1.807, 2.05) is 30.3 Å². The van der Waals surface area contributed by atoms with E-state index < -0.39 is 12.0 Å². The number of Topliss-reactive ketones (excluding diaryl/α,β-unsaturated/α-hetero) is 1. The summed E-state index contributed by atoms with van der Waals surface area (Å²) in [4.78, 5) is 29.2. The minimum absolute atomic E-state index is 0.177. The van der Waals surface area contributed by atoms with Gasteiger partial charge >= 0.3 is 0 Å². The standard InChI is InChI=1S/C22H19N3O4/c26-21(17-8-9-23-12-18(17)14-4-2-1-3-5-14)20-13-24-11-16-7-6-15(22(27)25-28)10-19(16)29-20/h1-10,12,20,24,28H,11,13H2,(H,25,27)/t20-/m0/s1. The van der Waals surface area contributed by atoms with Gasteiger partial charge in [0.25, 0.3) is 5.91 Å². The highest BCUT2D eigenvalue weighted by Gasteiger charge is 2.27. The van der Waals surface area contributed by atoms with Gasteiger partial charge in [-0.2, -0.15) is 0 Å². The van der Waals surface area contributed by atoms with E-state index in [9.17, 15) is 9.59 Å². The molecule has 7 nitrogen and oxygen atoms in total. The fourth-order valence-electron chi connectivity index (χ4n) is 3.33. The van der Waals surface area contributed by atoms with E-state index in [-0.39, 0.29) is 11.3 Å². The first kappa shape index (κ1) is 18.8. The Morgan fingerprint density at radius 1 is 1.14 bits per heavy atom. The molecule has 1 aliphatic heterocycles. The molecule has 2 heterocycles. The van der Waals surface area contributed by atoms with Gasteiger partial charge in [0.05, 0.1) is 0 Å². The van der Waals surface area contributed by atoms with Crippen molar-refractivity contribution in [3.05, 3.63) is 83.7 Å². The van der Waals surface area contributed by atoms with Crippen LogP contribution in [0.15, 0.2) is 67.0 Å². The van der Waals surface area contributed by atoms with Crippen molar-refractivity contribution in [1.29, 1.82) is 0 Å². The van der Waals surface area contributed by atoms with Gasteiger partial charge in [0, 0.05) is 47.7 Å². The number of hydrogen-bond acceptors (Lipinski definition) is 6. The third-order valence-corrected chi connectivity index (χ3v) is 4.81. The van der Waals surface area contributed by atoms with Crippen molar-refractivity contribution < 1.29 is 19.5 Å². The topological polar surface area (TPSA) is 101 Å². The average Bonchev–Trinajstić information content (AvgIpc) is 3.00. The predicted octanol–water partition coefficient (Wildman–Crippen LogP) is 2.60. The number of amides is 1. The van der Waals surface area contributed by atoms with E-state index in [0.29, 0.717) is 24.4 Å². The summed E-state index contributed by atoms with van der Waals surface area (Å²) in [6.07, 6.45) is 2.49. The highest BCUT2D eigenvalue weighted by Crippen LogP contribution is 2.28. The molecule has 1 aliphatic rings. The van der Waals surface area contributed by atoms with Crippen LogP contribution in [0.4, 0.5) is 0 Å². The number of pyridine rings is 1. The minimum Gasteiger partial charge on any atom is -0.481 e. The number of ether oxygens (including phenoxy) is 1. The Balaban J connectivity index is 1.66. The Morgan fingerprint density at radius 3 is 2.76 bits per heavy atom. The van der Waals surface area contributed by atoms with Gasteiger partial charge in [-0.15, -0.1) is 0 Å². The van der Waals surface area contributed by atoms with Crippen LogP contribution in [0.2, 0.25) is 0 Å². The maximum atomic E-state index is 13.3. The quantitative estimate of drug-likeness (QED) is 0.360. The van der Waals surface area contributed by atoms with Gasteiger partial charge in [0.15, 0.2) is 6.10 Å². The molecular formula is C22H19N3O4. The summed E-state index contributed by atoms with van der Waals surface area (Å²) in [7, 11) is 0. The van der Waals surface area contributed by atoms with Gasteiger partial charge in [0.1, 0.15) is 5.75 Å². The van der Waals surface area contributed by atoms with E-state index >= 15 is 0 Å². The molecule has 1 atom stereocenters. The van der Waals surface area contributed by atoms with Gasteiger partial charge in [0.2, 0.25) is 5.78 Å². The summed E-state index contributed by atoms with van der Waals surface area (Å²) in [5.74, 6) is -0.384. The number of hydroxylamine groups is 1. The van der Waals surface area contributed by atoms with Gasteiger partial charge in [-0.05, 0) is 23.8 Å². The van der Waals surface area contributed by atoms with E-state index in [4.69, 9.17) is 9.94 Å². The SMILES string of the molecule is O=C(NO)c1ccc2c(c1)O[C@H](C(=O)c1ccncc1-c1ccccc1)CNC2. The van der Waals surface area contributed by atoms with Gasteiger partial charge in [-0.3, -0.25) is 19.8 Å². The van der Waals surface area contributed by atoms with E-state index in [2.05, 4.69) is 10.3 Å². The van der Waals surface area contributed by atoms with Crippen LogP contribution in [0.3, 0.4) is 0 Å². The highest BCUT2D eigenvalue weighted by molar-refractivity contribution is 6.05. The fourth-order valence-corrected chi connectivity index (χ4v) is 3.33. The Morgan fingerprint density at radius 2 is 1.97 bits per heavy atom. The van der Waals surface area contributed by atoms with Gasteiger partial charge in [-0.1, -0.05) is 36.4 Å². The third-order valence-electron chi connectivity index (χ3n) is 4.81. The monoisotopic (exact) mass is 389 g/mol. The van der Waals surface area contributed by atoms with Crippen LogP contribution in [0.25, 0.3) is 11.1 Å². The number of nitrogens with zero attached hydrogens (tertiary/aromatic N) is 1. The first-order valence-corrected chi connectivity index (χ1v) is 9.16. The molecule has 0 bridgehead atoms. The van der Waals surface area contributed by atoms with Crippen molar-refractivity contribution >= 4 is 11.7 Å². The van der Waals surface area contributed by atoms with Crippen molar-refractivity contribution in [1.82, 2.24) is 15.8 Å². The lowest BCUT2D eigenvalue weighted by Crippen LogP contribution is -2.36. The molecule has 0 fully saturated rings. The zero-order valence-corrected chi connectivity index (χ0v) is 15.5. The number of carbonyl (C=O) groups is 2. The maximum Gasteiger partial charge on any atom is 0.274 e. The fraction of sp³-hybridized carbons (Fsp3) is 0.136. The molecule has 3 aromatic rings. The second-order valence-corrected chi connectivity index (χ2v) is 6.65. The number of aromatic nitrogens is 1. The summed E-state index contributed by atoms with van der Waals surface area (Å²) >= 11 is 0. The van der Waals surface area contributed by atoms with Crippen molar-refractivity contribution in [3.63, 3.8) is 0 Å². The molecule has 0 saturated carbocycles. The van der Waals surface area contributed by atoms with Gasteiger partial charge < -0.3 is 10.1 Å². The molecule has 2 aromatic carbocycles. The Hall–Kier alpha value is -3.55. The van der Waals surface area contributed by atoms with E-state index in [1.54, 1.807) is 36.1 Å². The molecule has 29 heavy (non-hydrogen) atoms. The van der Waals surface area contributed by atoms with Crippen molar-refractivity contribution in [2.24, 2.45) is 0 Å². The predicted molar refractivity (Wildman–Crippen MR) is 106 cm³/mol. The zero-order chi connectivity index (χ0) is 20.2. The molecule has 1 amide bonds. The van der Waals surface area contributed by atoms with Crippen molar-refractivity contribution in [2.45, 2.75) is 12.6 Å². The lowest BCUT2D eigenvalue weighted by atomic mass is 9.97. The molecule has 4 rings (SSSR count). The first-order valence-electron chi connectivity index (χ1n) is 9.16. The molecule has 3 N–H and O–H groups in total. The smallest absolute Gasteiger partial charge is 0.274 e. The lowest BCUT2D eigenvalue weighted by Gasteiger charge is -2.18. The van der Waals surface area contributed by atoms with Crippen molar-refractivity contribution in [2.75, 3.05) is 6.54 Å². The first-order chi connectivity index (χ1) is 14.2. The number of nitrogens with one attached hydrogen (secondary N) is 2. The molecule has 0 spiro atoms. The van der Waals surface area contributed by atoms with Crippen LogP contribution in [0, 0.1) is 0 Å². The number of fused-ring (bicyclic) bond motifs is 1. The Kier molecular flexibility index (Phi) is 5.33. The van der Waals surface area contributed by atoms with Crippen LogP contribution < -0.4 is 15.5 Å². The maximum absolute atomic E-state index is 13.3. The van der Waals surface area contributed by atoms with Crippen molar-refractivity contribution in [3.8, 4) is 16.9 Å². The molecule has 0 unspecified atom stereocenters. The highest BCUT2D eigenvalue weighted by atomic mass is 16.5. The molecular weight excluding hydrogens is 370 g/mol. The molecule has 0 saturated heterocycles. The lowest BCUT2D eigenvalue weighted by molar-refractivity contribution is 0.0705. The van der Waals surface area contributed by atoms with Crippen LogP contribution in [0.5, 0.6) is 5.75 Å². The Labute approximate surface area is 167 Å². The molecule has 0 radical (unpaired) electrons. The summed E-state index contributed by atoms with van der Waals surface area (Å²) in [6.45, 7) is 0.827. The van der Waals surface area contributed by atoms with E-state index in [1.165, 1.54) is 6.07 Å². The molecule has 0 aliphatic carbocycles. The molecule has 1 aromatic heterocycles. The normalized spacial score (nSPS) is 15.6. The largest absolute Gasteiger partial charge is 0.481 e. The number of ketones is 1. The average molecular weight is 389 g/mol. The molecule has 7 heteroatoms. The Bertz CT molecular complexity index is 1050. The summed E-state index contributed by atoms with van der Waals surface area (Å²) < 4.78 is 6.01. The van der Waals surface area contributed by atoms with Crippen LogP contribution in [-0.4, -0.2) is 34.5 Å². The number of carbonyl (C=O) groups excluding carboxylic acids is 2. The van der Waals surface area contributed by atoms with Crippen LogP contribution in [-0.2, 0) is 6.54 Å². The van der Waals surface area contributed by atoms with Crippen LogP contribution >= 0.6 is 0 Å². The van der Waals surface area contributed by atoms with Crippen LogP contribution in [0.1, 0.15) is 26.3 Å². The molecule has 146 valence electrons. The van der Waals surface area contributed by atoms with Gasteiger partial charge in [-0.25, -0.2) is 5.48 Å². The van der Waals surface area contributed by atoms with E-state index in [0.717, 1.165) is 16.7 Å².